The molecule has 1 N–H and O–H groups in total. The zero-order chi connectivity index (χ0) is 9.68. The lowest BCUT2D eigenvalue weighted by atomic mass is 10.5. The molecule has 1 rings (SSSR count). The molecule has 0 fully saturated rings. The largest absolute Gasteiger partial charge is 0.378 e. The molecule has 0 spiro atoms. The Morgan fingerprint density at radius 2 is 2.46 bits per heavy atom. The van der Waals surface area contributed by atoms with E-state index in [1.807, 2.05) is 0 Å². The van der Waals surface area contributed by atoms with E-state index in [4.69, 9.17) is 9.63 Å². The fourth-order valence-electron chi connectivity index (χ4n) is 0.741. The molecule has 0 aliphatic carbocycles. The summed E-state index contributed by atoms with van der Waals surface area (Å²) in [5.74, 6) is 0. The molecule has 7 heteroatoms. The Morgan fingerprint density at radius 1 is 1.69 bits per heavy atom. The molecule has 0 saturated heterocycles. The Bertz CT molecular complexity index is 290. The Kier molecular flexibility index (Phi) is 4.55. The number of nitrogens with zero attached hydrogens (tertiary/aromatic N) is 1. The van der Waals surface area contributed by atoms with Crippen LogP contribution < -0.4 is 0 Å². The number of hydrogen-bond acceptors (Lipinski definition) is 5. The van der Waals surface area contributed by atoms with Crippen LogP contribution in [0, 0.1) is 0 Å². The zero-order valence-corrected chi connectivity index (χ0v) is 8.84. The molecule has 0 aromatic carbocycles. The lowest BCUT2D eigenvalue weighted by Crippen LogP contribution is -1.89. The Labute approximate surface area is 80.3 Å². The Hall–Kier alpha value is -0.260. The highest BCUT2D eigenvalue weighted by Gasteiger charge is 2.02. The van der Waals surface area contributed by atoms with E-state index in [0.29, 0.717) is 12.3 Å². The summed E-state index contributed by atoms with van der Waals surface area (Å²) < 4.78 is 19.6. The maximum atomic E-state index is 10.2. The van der Waals surface area contributed by atoms with Crippen molar-refractivity contribution in [2.24, 2.45) is 0 Å². The van der Waals surface area contributed by atoms with Gasteiger partial charge in [-0.15, -0.1) is 11.3 Å². The molecule has 0 aliphatic heterocycles. The molecular weight excluding hydrogens is 213 g/mol. The number of methoxy groups -OCH3 is 1. The van der Waals surface area contributed by atoms with Crippen LogP contribution in [-0.4, -0.2) is 17.0 Å². The minimum absolute atomic E-state index is 0.0779. The zero-order valence-electron chi connectivity index (χ0n) is 7.02. The van der Waals surface area contributed by atoms with E-state index in [1.165, 1.54) is 11.3 Å². The number of aromatic nitrogens is 1. The number of ether oxygens (including phenoxy) is 1. The van der Waals surface area contributed by atoms with Crippen molar-refractivity contribution in [3.05, 3.63) is 16.1 Å². The molecule has 13 heavy (non-hydrogen) atoms. The number of hydrogen-bond donors (Lipinski definition) is 1. The van der Waals surface area contributed by atoms with Crippen LogP contribution in [0.1, 0.15) is 10.7 Å². The van der Waals surface area contributed by atoms with Gasteiger partial charge in [-0.2, -0.15) is 0 Å². The predicted octanol–water partition coefficient (Wildman–Crippen LogP) is 1.19. The van der Waals surface area contributed by atoms with Gasteiger partial charge in [0.2, 0.25) is 0 Å². The summed E-state index contributed by atoms with van der Waals surface area (Å²) in [6.45, 7) is 0.535. The van der Waals surface area contributed by atoms with Crippen molar-refractivity contribution in [1.82, 2.24) is 4.98 Å². The van der Waals surface area contributed by atoms with Gasteiger partial charge in [0, 0.05) is 12.5 Å². The van der Waals surface area contributed by atoms with Crippen molar-refractivity contribution in [3.8, 4) is 0 Å². The molecule has 1 aromatic heterocycles. The normalized spacial score (nSPS) is 13.1. The summed E-state index contributed by atoms with van der Waals surface area (Å²) in [6, 6.07) is 0. The van der Waals surface area contributed by atoms with Crippen molar-refractivity contribution in [1.29, 1.82) is 0 Å². The third kappa shape index (κ3) is 3.97. The van der Waals surface area contributed by atoms with Gasteiger partial charge in [-0.3, -0.25) is 4.57 Å². The lowest BCUT2D eigenvalue weighted by Gasteiger charge is -1.94. The maximum Gasteiger partial charge on any atom is 0.316 e. The molecule has 1 aromatic rings. The lowest BCUT2D eigenvalue weighted by molar-refractivity contribution is 0.184. The van der Waals surface area contributed by atoms with E-state index in [1.54, 1.807) is 12.5 Å². The molecule has 1 atom stereocenters. The number of thiazole rings is 1. The maximum absolute atomic E-state index is 10.2. The van der Waals surface area contributed by atoms with Crippen LogP contribution in [0.2, 0.25) is 0 Å². The molecule has 5 nitrogen and oxygen atoms in total. The molecular formula is C6H10NO4PS. The Morgan fingerprint density at radius 3 is 3.08 bits per heavy atom. The minimum Gasteiger partial charge on any atom is -0.378 e. The average Bonchev–Trinajstić information content (AvgIpc) is 2.50. The van der Waals surface area contributed by atoms with E-state index in [-0.39, 0.29) is 6.61 Å². The molecule has 1 heterocycles. The van der Waals surface area contributed by atoms with Gasteiger partial charge in [-0.05, 0) is 0 Å². The van der Waals surface area contributed by atoms with Crippen molar-refractivity contribution < 1.29 is 18.7 Å². The van der Waals surface area contributed by atoms with E-state index < -0.39 is 8.25 Å². The molecule has 0 aliphatic rings. The van der Waals surface area contributed by atoms with Crippen molar-refractivity contribution in [3.63, 3.8) is 0 Å². The Balaban J connectivity index is 2.44. The molecule has 0 bridgehead atoms. The molecule has 1 unspecified atom stereocenters. The summed E-state index contributed by atoms with van der Waals surface area (Å²) in [6.07, 6.45) is 0. The number of rotatable bonds is 5. The van der Waals surface area contributed by atoms with Crippen molar-refractivity contribution in [2.45, 2.75) is 13.2 Å². The summed E-state index contributed by atoms with van der Waals surface area (Å²) in [5, 5.41) is 2.61. The summed E-state index contributed by atoms with van der Waals surface area (Å²) in [7, 11) is -1.26. The van der Waals surface area contributed by atoms with Crippen LogP contribution in [0.15, 0.2) is 5.38 Å². The second-order valence-electron chi connectivity index (χ2n) is 2.22. The quantitative estimate of drug-likeness (QED) is 0.759. The van der Waals surface area contributed by atoms with Crippen LogP contribution in [0.4, 0.5) is 0 Å². The first-order valence-electron chi connectivity index (χ1n) is 3.50. The molecule has 0 saturated carbocycles. The molecule has 74 valence electrons. The smallest absolute Gasteiger partial charge is 0.316 e. The topological polar surface area (TPSA) is 68.7 Å². The average molecular weight is 223 g/mol. The van der Waals surface area contributed by atoms with Gasteiger partial charge in [-0.25, -0.2) is 4.98 Å². The van der Waals surface area contributed by atoms with Gasteiger partial charge in [0.15, 0.2) is 0 Å². The van der Waals surface area contributed by atoms with Gasteiger partial charge in [0.25, 0.3) is 0 Å². The fourth-order valence-corrected chi connectivity index (χ4v) is 1.76. The fraction of sp³-hybridized carbons (Fsp3) is 0.500. The summed E-state index contributed by atoms with van der Waals surface area (Å²) >= 11 is 1.44. The first kappa shape index (κ1) is 10.8. The van der Waals surface area contributed by atoms with Crippen molar-refractivity contribution >= 4 is 19.6 Å². The van der Waals surface area contributed by atoms with Crippen LogP contribution in [0.25, 0.3) is 0 Å². The van der Waals surface area contributed by atoms with Crippen LogP contribution >= 0.6 is 19.6 Å². The van der Waals surface area contributed by atoms with Gasteiger partial charge < -0.3 is 14.2 Å². The van der Waals surface area contributed by atoms with E-state index in [2.05, 4.69) is 9.51 Å². The summed E-state index contributed by atoms with van der Waals surface area (Å²) in [4.78, 5) is 12.5. The standard InChI is InChI=1S/C6H10NO4PS/c1-10-3-6-7-5(4-13-6)2-11-12(8)9/h4,12H,2-3H2,1H3,(H,8,9). The highest BCUT2D eigenvalue weighted by molar-refractivity contribution is 7.32. The third-order valence-electron chi connectivity index (χ3n) is 1.21. The second kappa shape index (κ2) is 5.47. The SMILES string of the molecule is COCc1nc(CO[PH](=O)O)cs1. The van der Waals surface area contributed by atoms with Gasteiger partial charge in [0.05, 0.1) is 18.9 Å². The molecule has 0 amide bonds. The third-order valence-corrected chi connectivity index (χ3v) is 2.47. The first-order valence-corrected chi connectivity index (χ1v) is 5.64. The van der Waals surface area contributed by atoms with E-state index in [0.717, 1.165) is 5.01 Å². The van der Waals surface area contributed by atoms with Crippen molar-refractivity contribution in [2.75, 3.05) is 7.11 Å². The minimum atomic E-state index is -2.85. The second-order valence-corrected chi connectivity index (χ2v) is 3.98. The van der Waals surface area contributed by atoms with Crippen LogP contribution in [-0.2, 0) is 27.0 Å². The highest BCUT2D eigenvalue weighted by atomic mass is 32.1. The van der Waals surface area contributed by atoms with Gasteiger partial charge in [0.1, 0.15) is 5.01 Å². The highest BCUT2D eigenvalue weighted by Crippen LogP contribution is 2.19. The monoisotopic (exact) mass is 223 g/mol. The van der Waals surface area contributed by atoms with Crippen LogP contribution in [0.5, 0.6) is 0 Å². The van der Waals surface area contributed by atoms with E-state index in [9.17, 15) is 4.57 Å². The first-order chi connectivity index (χ1) is 6.22. The predicted molar refractivity (Wildman–Crippen MR) is 48.8 cm³/mol. The molecule has 0 radical (unpaired) electrons. The van der Waals surface area contributed by atoms with Gasteiger partial charge in [-0.1, -0.05) is 0 Å². The summed E-state index contributed by atoms with van der Waals surface area (Å²) in [5.41, 5.74) is 0.657. The van der Waals surface area contributed by atoms with Gasteiger partial charge >= 0.3 is 8.25 Å². The van der Waals surface area contributed by atoms with E-state index >= 15 is 0 Å². The van der Waals surface area contributed by atoms with Crippen LogP contribution in [0.3, 0.4) is 0 Å².